The maximum absolute atomic E-state index is 14.2. The third-order valence-electron chi connectivity index (χ3n) is 18.6. The van der Waals surface area contributed by atoms with Crippen LogP contribution in [0.5, 0.6) is 0 Å². The molecule has 0 saturated carbocycles. The van der Waals surface area contributed by atoms with Crippen LogP contribution in [0, 0.1) is 35.5 Å². The molecule has 2 atom stereocenters. The highest BCUT2D eigenvalue weighted by molar-refractivity contribution is 5.88. The molecule has 2 unspecified atom stereocenters. The molecule has 0 fully saturated rings. The largest absolute Gasteiger partial charge is 0.466 e. The highest BCUT2D eigenvalue weighted by Crippen LogP contribution is 2.27. The van der Waals surface area contributed by atoms with Gasteiger partial charge < -0.3 is 18.9 Å². The van der Waals surface area contributed by atoms with E-state index in [4.69, 9.17) is 18.9 Å². The summed E-state index contributed by atoms with van der Waals surface area (Å²) < 4.78 is 23.3. The predicted molar refractivity (Wildman–Crippen MR) is 378 cm³/mol. The normalized spacial score (nSPS) is 12.5. The minimum absolute atomic E-state index is 0.212. The molecule has 0 saturated heterocycles. The van der Waals surface area contributed by atoms with Gasteiger partial charge in [0.2, 0.25) is 0 Å². The molecule has 8 heteroatoms. The van der Waals surface area contributed by atoms with Crippen LogP contribution < -0.4 is 0 Å². The van der Waals surface area contributed by atoms with E-state index in [9.17, 15) is 19.2 Å². The number of esters is 4. The van der Waals surface area contributed by atoms with Gasteiger partial charge in [0.15, 0.2) is 0 Å². The van der Waals surface area contributed by atoms with Crippen LogP contribution >= 0.6 is 0 Å². The summed E-state index contributed by atoms with van der Waals surface area (Å²) in [7, 11) is 0. The first-order valence-corrected chi connectivity index (χ1v) is 39.5. The van der Waals surface area contributed by atoms with E-state index >= 15 is 0 Å². The number of carbonyl (C=O) groups excluding carboxylic acids is 4. The highest BCUT2D eigenvalue weighted by Gasteiger charge is 2.40. The van der Waals surface area contributed by atoms with E-state index in [1.54, 1.807) is 0 Å². The molecule has 0 spiro atoms. The first kappa shape index (κ1) is 85.9. The number of hydrogen-bond donors (Lipinski definition) is 0. The van der Waals surface area contributed by atoms with Crippen LogP contribution in [0.15, 0.2) is 0 Å². The summed E-state index contributed by atoms with van der Waals surface area (Å²) in [6.07, 6.45) is 68.7. The third-order valence-corrected chi connectivity index (χ3v) is 18.6. The van der Waals surface area contributed by atoms with Crippen molar-refractivity contribution in [1.82, 2.24) is 0 Å². The van der Waals surface area contributed by atoms with E-state index in [2.05, 4.69) is 55.4 Å². The SMILES string of the molecule is CC(C)CCCCCCCCCCCCCCCOC(=O)CC(C(=O)OCCCCCCCCCCCCCCCC(C)C)C(CC(=O)OCCCCCCCCCCCCCCCC(C)C)C(=O)OCCCCCCCCCCCCCCCC(C)C. The Bertz CT molecular complexity index is 1370. The molecule has 88 heavy (non-hydrogen) atoms. The van der Waals surface area contributed by atoms with Gasteiger partial charge in [0.1, 0.15) is 0 Å². The smallest absolute Gasteiger partial charge is 0.310 e. The highest BCUT2D eigenvalue weighted by atomic mass is 16.6. The van der Waals surface area contributed by atoms with Crippen LogP contribution in [-0.2, 0) is 38.1 Å². The molecule has 0 rings (SSSR count). The molecule has 0 aromatic heterocycles. The van der Waals surface area contributed by atoms with E-state index in [-0.39, 0.29) is 39.3 Å². The summed E-state index contributed by atoms with van der Waals surface area (Å²) in [6, 6.07) is 0. The van der Waals surface area contributed by atoms with Gasteiger partial charge in [-0.1, -0.05) is 389 Å². The van der Waals surface area contributed by atoms with Crippen molar-refractivity contribution in [1.29, 1.82) is 0 Å². The van der Waals surface area contributed by atoms with Crippen LogP contribution in [0.2, 0.25) is 0 Å². The van der Waals surface area contributed by atoms with Gasteiger partial charge in [-0.15, -0.1) is 0 Å². The standard InChI is InChI=1S/C80H154O8/c1-71(2)61-53-45-37-29-21-13-9-17-25-33-41-49-57-65-85-77(81)69-75(79(83)87-67-59-51-43-35-27-19-11-15-23-31-39-47-55-63-73(5)6)76(80(84)88-68-60-52-44-36-28-20-12-16-24-32-40-48-56-64-74(7)8)70-78(82)86-66-58-50-42-34-26-18-10-14-22-30-38-46-54-62-72(3)4/h71-76H,9-70H2,1-8H3. The summed E-state index contributed by atoms with van der Waals surface area (Å²) >= 11 is 0. The minimum Gasteiger partial charge on any atom is -0.466 e. The van der Waals surface area contributed by atoms with Crippen molar-refractivity contribution in [2.45, 2.75) is 428 Å². The number of ether oxygens (including phenoxy) is 4. The molecule has 0 radical (unpaired) electrons. The van der Waals surface area contributed by atoms with Gasteiger partial charge >= 0.3 is 23.9 Å². The average Bonchev–Trinajstić information content (AvgIpc) is 3.53. The summed E-state index contributed by atoms with van der Waals surface area (Å²) in [4.78, 5) is 55.6. The Hall–Kier alpha value is -2.12. The van der Waals surface area contributed by atoms with Crippen LogP contribution in [-0.4, -0.2) is 50.3 Å². The molecule has 0 aromatic carbocycles. The minimum atomic E-state index is -1.20. The fraction of sp³-hybridized carbons (Fsp3) is 0.950. The number of hydrogen-bond acceptors (Lipinski definition) is 8. The fourth-order valence-electron chi connectivity index (χ4n) is 12.6. The lowest BCUT2D eigenvalue weighted by Gasteiger charge is -2.23. The van der Waals surface area contributed by atoms with E-state index in [0.717, 1.165) is 87.9 Å². The van der Waals surface area contributed by atoms with Crippen molar-refractivity contribution in [2.24, 2.45) is 35.5 Å². The lowest BCUT2D eigenvalue weighted by molar-refractivity contribution is -0.167. The lowest BCUT2D eigenvalue weighted by Crippen LogP contribution is -2.36. The second-order valence-electron chi connectivity index (χ2n) is 29.5. The van der Waals surface area contributed by atoms with Gasteiger partial charge in [-0.05, 0) is 49.4 Å². The number of carbonyl (C=O) groups is 4. The van der Waals surface area contributed by atoms with E-state index in [1.807, 2.05) is 0 Å². The second kappa shape index (κ2) is 67.8. The third kappa shape index (κ3) is 65.4. The van der Waals surface area contributed by atoms with Crippen molar-refractivity contribution in [2.75, 3.05) is 26.4 Å². The summed E-state index contributed by atoms with van der Waals surface area (Å²) in [5.41, 5.74) is 0. The van der Waals surface area contributed by atoms with Crippen molar-refractivity contribution >= 4 is 23.9 Å². The van der Waals surface area contributed by atoms with Crippen LogP contribution in [0.3, 0.4) is 0 Å². The Labute approximate surface area is 549 Å². The van der Waals surface area contributed by atoms with Crippen LogP contribution in [0.4, 0.5) is 0 Å². The molecule has 0 aliphatic rings. The fourth-order valence-corrected chi connectivity index (χ4v) is 12.6. The predicted octanol–water partition coefficient (Wildman–Crippen LogP) is 25.6. The van der Waals surface area contributed by atoms with Crippen molar-refractivity contribution in [3.63, 3.8) is 0 Å². The lowest BCUT2D eigenvalue weighted by atomic mass is 9.86. The maximum Gasteiger partial charge on any atom is 0.310 e. The quantitative estimate of drug-likeness (QED) is 0.0337. The Morgan fingerprint density at radius 3 is 0.489 bits per heavy atom. The molecular formula is C80H154O8. The molecule has 0 aliphatic heterocycles. The van der Waals surface area contributed by atoms with Gasteiger partial charge in [0.05, 0.1) is 51.1 Å². The molecule has 0 aromatic rings. The zero-order valence-corrected chi connectivity index (χ0v) is 60.6. The molecule has 0 aliphatic carbocycles. The van der Waals surface area contributed by atoms with Gasteiger partial charge in [-0.2, -0.15) is 0 Å². The summed E-state index contributed by atoms with van der Waals surface area (Å²) in [5.74, 6) is -1.47. The van der Waals surface area contributed by atoms with E-state index in [1.165, 1.54) is 283 Å². The zero-order valence-electron chi connectivity index (χ0n) is 60.6. The molecule has 0 heterocycles. The van der Waals surface area contributed by atoms with Crippen LogP contribution in [0.1, 0.15) is 428 Å². The molecule has 0 amide bonds. The number of rotatable bonds is 71. The van der Waals surface area contributed by atoms with Gasteiger partial charge in [0.25, 0.3) is 0 Å². The Balaban J connectivity index is 5.40. The zero-order chi connectivity index (χ0) is 64.4. The topological polar surface area (TPSA) is 105 Å². The maximum atomic E-state index is 14.2. The van der Waals surface area contributed by atoms with Crippen molar-refractivity contribution in [3.05, 3.63) is 0 Å². The van der Waals surface area contributed by atoms with Crippen molar-refractivity contribution in [3.8, 4) is 0 Å². The molecule has 8 nitrogen and oxygen atoms in total. The number of unbranched alkanes of at least 4 members (excludes halogenated alkanes) is 48. The first-order chi connectivity index (χ1) is 42.8. The molecule has 0 N–H and O–H groups in total. The average molecular weight is 1240 g/mol. The Kier molecular flexibility index (Phi) is 66.1. The Morgan fingerprint density at radius 2 is 0.330 bits per heavy atom. The van der Waals surface area contributed by atoms with Gasteiger partial charge in [0, 0.05) is 0 Å². The molecule has 522 valence electrons. The summed E-state index contributed by atoms with van der Waals surface area (Å²) in [6.45, 7) is 19.5. The second-order valence-corrected chi connectivity index (χ2v) is 29.5. The van der Waals surface area contributed by atoms with E-state index < -0.39 is 35.7 Å². The van der Waals surface area contributed by atoms with Gasteiger partial charge in [-0.3, -0.25) is 19.2 Å². The van der Waals surface area contributed by atoms with Crippen LogP contribution in [0.25, 0.3) is 0 Å². The summed E-state index contributed by atoms with van der Waals surface area (Å²) in [5, 5.41) is 0. The monoisotopic (exact) mass is 1240 g/mol. The first-order valence-electron chi connectivity index (χ1n) is 39.5. The van der Waals surface area contributed by atoms with E-state index in [0.29, 0.717) is 12.8 Å². The molecule has 0 bridgehead atoms. The Morgan fingerprint density at radius 1 is 0.193 bits per heavy atom. The van der Waals surface area contributed by atoms with Crippen molar-refractivity contribution < 1.29 is 38.1 Å². The molecular weight excluding hydrogens is 1090 g/mol. The van der Waals surface area contributed by atoms with Gasteiger partial charge in [-0.25, -0.2) is 0 Å².